The molecule has 0 radical (unpaired) electrons. The van der Waals surface area contributed by atoms with E-state index in [-0.39, 0.29) is 0 Å². The minimum Gasteiger partial charge on any atom is -0.456 e. The number of hydrogen-bond donors (Lipinski definition) is 0. The van der Waals surface area contributed by atoms with E-state index in [0.29, 0.717) is 0 Å². The molecule has 0 bridgehead atoms. The van der Waals surface area contributed by atoms with Crippen LogP contribution in [-0.4, -0.2) is 0 Å². The van der Waals surface area contributed by atoms with Crippen LogP contribution in [0.25, 0.3) is 44.2 Å². The number of hydrogen-bond acceptors (Lipinski definition) is 2. The van der Waals surface area contributed by atoms with Gasteiger partial charge in [0.15, 0.2) is 0 Å². The van der Waals surface area contributed by atoms with Crippen LogP contribution in [0.3, 0.4) is 0 Å². The molecule has 1 aliphatic rings. The molecule has 2 nitrogen and oxygen atoms in total. The van der Waals surface area contributed by atoms with E-state index in [1.54, 1.807) is 0 Å². The van der Waals surface area contributed by atoms with Gasteiger partial charge in [0.1, 0.15) is 11.2 Å². The number of para-hydroxylation sites is 1. The zero-order chi connectivity index (χ0) is 33.8. The predicted octanol–water partition coefficient (Wildman–Crippen LogP) is 13.1. The maximum atomic E-state index is 6.43. The summed E-state index contributed by atoms with van der Waals surface area (Å²) in [7, 11) is 0. The van der Waals surface area contributed by atoms with Gasteiger partial charge in [0.25, 0.3) is 0 Å². The fraction of sp³-hybridized carbons (Fsp3) is 0.0204. The molecular formula is C49H33NO. The average Bonchev–Trinajstić information content (AvgIpc) is 3.72. The lowest BCUT2D eigenvalue weighted by Crippen LogP contribution is -2.28. The first kappa shape index (κ1) is 29.3. The summed E-state index contributed by atoms with van der Waals surface area (Å²) < 4.78 is 6.43. The Balaban J connectivity index is 1.22. The van der Waals surface area contributed by atoms with Crippen molar-refractivity contribution in [3.63, 3.8) is 0 Å². The largest absolute Gasteiger partial charge is 0.456 e. The fourth-order valence-corrected chi connectivity index (χ4v) is 8.31. The van der Waals surface area contributed by atoms with Crippen LogP contribution in [0.4, 0.5) is 17.1 Å². The van der Waals surface area contributed by atoms with Gasteiger partial charge in [0.2, 0.25) is 0 Å². The Bertz CT molecular complexity index is 2640. The Kier molecular flexibility index (Phi) is 6.75. The molecule has 51 heavy (non-hydrogen) atoms. The molecule has 8 aromatic carbocycles. The highest BCUT2D eigenvalue weighted by molar-refractivity contribution is 6.06. The number of nitrogens with zero attached hydrogens (tertiary/aromatic N) is 1. The highest BCUT2D eigenvalue weighted by atomic mass is 16.3. The molecule has 0 N–H and O–H groups in total. The lowest BCUT2D eigenvalue weighted by atomic mass is 9.67. The second-order valence-corrected chi connectivity index (χ2v) is 13.3. The van der Waals surface area contributed by atoms with E-state index in [1.807, 2.05) is 12.1 Å². The highest BCUT2D eigenvalue weighted by Gasteiger charge is 2.46. The molecule has 1 heterocycles. The summed E-state index contributed by atoms with van der Waals surface area (Å²) >= 11 is 0. The number of fused-ring (bicyclic) bond motifs is 6. The molecule has 1 aromatic heterocycles. The maximum absolute atomic E-state index is 6.43. The van der Waals surface area contributed by atoms with Crippen molar-refractivity contribution in [1.82, 2.24) is 0 Å². The molecule has 0 amide bonds. The summed E-state index contributed by atoms with van der Waals surface area (Å²) in [5.41, 5.74) is 14.5. The second-order valence-electron chi connectivity index (χ2n) is 13.3. The van der Waals surface area contributed by atoms with Crippen LogP contribution in [0.15, 0.2) is 205 Å². The Morgan fingerprint density at radius 1 is 0.353 bits per heavy atom. The zero-order valence-electron chi connectivity index (χ0n) is 27.9. The third kappa shape index (κ3) is 4.57. The molecule has 0 atom stereocenters. The van der Waals surface area contributed by atoms with Crippen LogP contribution in [0.5, 0.6) is 0 Å². The molecule has 1 aliphatic carbocycles. The summed E-state index contributed by atoms with van der Waals surface area (Å²) in [5, 5.41) is 2.24. The normalized spacial score (nSPS) is 12.9. The summed E-state index contributed by atoms with van der Waals surface area (Å²) in [4.78, 5) is 2.37. The van der Waals surface area contributed by atoms with E-state index >= 15 is 0 Å². The van der Waals surface area contributed by atoms with Crippen molar-refractivity contribution < 1.29 is 4.42 Å². The van der Waals surface area contributed by atoms with E-state index < -0.39 is 5.41 Å². The smallest absolute Gasteiger partial charge is 0.137 e. The molecule has 0 saturated carbocycles. The highest BCUT2D eigenvalue weighted by Crippen LogP contribution is 2.57. The Morgan fingerprint density at radius 3 is 1.63 bits per heavy atom. The Morgan fingerprint density at radius 2 is 0.882 bits per heavy atom. The summed E-state index contributed by atoms with van der Waals surface area (Å²) in [6, 6.07) is 72.2. The van der Waals surface area contributed by atoms with Gasteiger partial charge in [-0.3, -0.25) is 0 Å². The Hall–Kier alpha value is -6.64. The van der Waals surface area contributed by atoms with Gasteiger partial charge in [-0.25, -0.2) is 0 Å². The van der Waals surface area contributed by atoms with Crippen molar-refractivity contribution in [3.8, 4) is 22.3 Å². The minimum absolute atomic E-state index is 0.490. The summed E-state index contributed by atoms with van der Waals surface area (Å²) in [6.07, 6.45) is 0. The first-order chi connectivity index (χ1) is 25.3. The molecule has 240 valence electrons. The van der Waals surface area contributed by atoms with Gasteiger partial charge in [-0.1, -0.05) is 152 Å². The van der Waals surface area contributed by atoms with Crippen LogP contribution in [0, 0.1) is 0 Å². The number of rotatable bonds is 6. The van der Waals surface area contributed by atoms with Crippen molar-refractivity contribution in [1.29, 1.82) is 0 Å². The number of anilines is 3. The quantitative estimate of drug-likeness (QED) is 0.178. The van der Waals surface area contributed by atoms with Crippen molar-refractivity contribution >= 4 is 39.0 Å². The summed E-state index contributed by atoms with van der Waals surface area (Å²) in [5.74, 6) is 0. The van der Waals surface area contributed by atoms with Gasteiger partial charge in [-0.05, 0) is 87.0 Å². The van der Waals surface area contributed by atoms with Gasteiger partial charge in [0, 0.05) is 33.9 Å². The Labute approximate surface area is 297 Å². The predicted molar refractivity (Wildman–Crippen MR) is 211 cm³/mol. The molecule has 0 unspecified atom stereocenters. The van der Waals surface area contributed by atoms with Gasteiger partial charge in [-0.2, -0.15) is 0 Å². The second kappa shape index (κ2) is 11.8. The van der Waals surface area contributed by atoms with Crippen LogP contribution < -0.4 is 4.90 Å². The molecule has 9 aromatic rings. The van der Waals surface area contributed by atoms with Gasteiger partial charge in [0.05, 0.1) is 5.41 Å². The van der Waals surface area contributed by atoms with Crippen molar-refractivity contribution in [2.45, 2.75) is 5.41 Å². The molecular weight excluding hydrogens is 619 g/mol. The average molecular weight is 652 g/mol. The minimum atomic E-state index is -0.490. The first-order valence-electron chi connectivity index (χ1n) is 17.5. The molecule has 0 saturated heterocycles. The van der Waals surface area contributed by atoms with Crippen LogP contribution in [0.1, 0.15) is 22.3 Å². The molecule has 10 rings (SSSR count). The third-order valence-electron chi connectivity index (χ3n) is 10.6. The SMILES string of the molecule is c1ccc(-c2ccc(N(c3ccc4c(c3)C(c3ccccc3)(c3ccccc3)c3ccccc3-4)c3ccc4c(c3)oc3ccccc34)cc2)cc1. The summed E-state index contributed by atoms with van der Waals surface area (Å²) in [6.45, 7) is 0. The lowest BCUT2D eigenvalue weighted by Gasteiger charge is -2.35. The van der Waals surface area contributed by atoms with Gasteiger partial charge >= 0.3 is 0 Å². The van der Waals surface area contributed by atoms with E-state index in [1.165, 1.54) is 44.5 Å². The van der Waals surface area contributed by atoms with E-state index in [2.05, 4.69) is 193 Å². The zero-order valence-corrected chi connectivity index (χ0v) is 27.9. The van der Waals surface area contributed by atoms with E-state index in [0.717, 1.165) is 39.0 Å². The topological polar surface area (TPSA) is 16.4 Å². The first-order valence-corrected chi connectivity index (χ1v) is 17.5. The van der Waals surface area contributed by atoms with Crippen LogP contribution >= 0.6 is 0 Å². The standard InChI is InChI=1S/C49H33NO/c1-4-14-34(15-5-1)35-24-26-38(27-25-35)50(40-29-31-44-43-21-11-13-23-47(43)51-48(44)33-40)39-28-30-42-41-20-10-12-22-45(41)49(46(42)32-39,36-16-6-2-7-17-36)37-18-8-3-9-19-37/h1-33H. The lowest BCUT2D eigenvalue weighted by molar-refractivity contribution is 0.669. The van der Waals surface area contributed by atoms with Gasteiger partial charge in [-0.15, -0.1) is 0 Å². The molecule has 2 heteroatoms. The van der Waals surface area contributed by atoms with Crippen LogP contribution in [-0.2, 0) is 5.41 Å². The monoisotopic (exact) mass is 651 g/mol. The fourth-order valence-electron chi connectivity index (χ4n) is 8.31. The number of furan rings is 1. The van der Waals surface area contributed by atoms with E-state index in [9.17, 15) is 0 Å². The molecule has 0 spiro atoms. The molecule has 0 aliphatic heterocycles. The van der Waals surface area contributed by atoms with E-state index in [4.69, 9.17) is 4.42 Å². The molecule has 0 fully saturated rings. The van der Waals surface area contributed by atoms with Crippen molar-refractivity contribution in [3.05, 3.63) is 222 Å². The maximum Gasteiger partial charge on any atom is 0.137 e. The van der Waals surface area contributed by atoms with Crippen LogP contribution in [0.2, 0.25) is 0 Å². The van der Waals surface area contributed by atoms with Crippen molar-refractivity contribution in [2.24, 2.45) is 0 Å². The third-order valence-corrected chi connectivity index (χ3v) is 10.6. The number of benzene rings is 8. The van der Waals surface area contributed by atoms with Crippen molar-refractivity contribution in [2.75, 3.05) is 4.90 Å². The van der Waals surface area contributed by atoms with Gasteiger partial charge < -0.3 is 9.32 Å².